The van der Waals surface area contributed by atoms with Gasteiger partial charge in [-0.1, -0.05) is 43.7 Å². The van der Waals surface area contributed by atoms with Crippen LogP contribution in [-0.2, 0) is 16.1 Å². The molecule has 0 heterocycles. The third-order valence-corrected chi connectivity index (χ3v) is 7.34. The Hall–Kier alpha value is -1.84. The molecule has 152 valence electrons. The highest BCUT2D eigenvalue weighted by Gasteiger charge is 2.55. The molecule has 4 nitrogen and oxygen atoms in total. The van der Waals surface area contributed by atoms with Crippen molar-refractivity contribution in [1.29, 1.82) is 0 Å². The van der Waals surface area contributed by atoms with E-state index in [2.05, 4.69) is 29.7 Å². The maximum absolute atomic E-state index is 13.3. The van der Waals surface area contributed by atoms with Gasteiger partial charge in [0.05, 0.1) is 0 Å². The number of aryl methyl sites for hydroxylation is 1. The van der Waals surface area contributed by atoms with Crippen molar-refractivity contribution < 1.29 is 9.59 Å². The summed E-state index contributed by atoms with van der Waals surface area (Å²) < 4.78 is 0. The molecule has 0 aliphatic heterocycles. The van der Waals surface area contributed by atoms with Crippen LogP contribution in [0.4, 0.5) is 0 Å². The average Bonchev–Trinajstić information content (AvgIpc) is 2.64. The van der Waals surface area contributed by atoms with Crippen LogP contribution >= 0.6 is 0 Å². The van der Waals surface area contributed by atoms with Crippen molar-refractivity contribution in [2.45, 2.75) is 71.9 Å². The molecule has 1 atom stereocenters. The summed E-state index contributed by atoms with van der Waals surface area (Å²) in [5.74, 6) is 2.31. The number of hydrogen-bond donors (Lipinski definition) is 2. The van der Waals surface area contributed by atoms with E-state index in [1.54, 1.807) is 0 Å². The fourth-order valence-electron chi connectivity index (χ4n) is 6.22. The first-order valence-corrected chi connectivity index (χ1v) is 11.0. The monoisotopic (exact) mass is 382 g/mol. The SMILES string of the molecule is Cc1ccc(CNC(=O)[C@@H](NC(=O)C23CC4CC(CC(C4)C2)C3)C(C)C)cc1. The summed E-state index contributed by atoms with van der Waals surface area (Å²) in [5, 5.41) is 6.19. The number of carbonyl (C=O) groups is 2. The van der Waals surface area contributed by atoms with Crippen molar-refractivity contribution in [1.82, 2.24) is 10.6 Å². The van der Waals surface area contributed by atoms with E-state index in [4.69, 9.17) is 0 Å². The zero-order chi connectivity index (χ0) is 19.9. The second-order valence-electron chi connectivity index (χ2n) is 10.1. The Morgan fingerprint density at radius 2 is 1.54 bits per heavy atom. The predicted octanol–water partition coefficient (Wildman–Crippen LogP) is 3.97. The van der Waals surface area contributed by atoms with Gasteiger partial charge >= 0.3 is 0 Å². The third-order valence-electron chi connectivity index (χ3n) is 7.34. The van der Waals surface area contributed by atoms with Crippen LogP contribution in [-0.4, -0.2) is 17.9 Å². The number of hydrogen-bond acceptors (Lipinski definition) is 2. The van der Waals surface area contributed by atoms with Gasteiger partial charge in [-0.2, -0.15) is 0 Å². The summed E-state index contributed by atoms with van der Waals surface area (Å²) in [6.07, 6.45) is 7.04. The second kappa shape index (κ2) is 7.53. The van der Waals surface area contributed by atoms with Crippen molar-refractivity contribution in [3.05, 3.63) is 35.4 Å². The molecule has 4 saturated carbocycles. The van der Waals surface area contributed by atoms with E-state index in [0.29, 0.717) is 6.54 Å². The number of amides is 2. The standard InChI is InChI=1S/C24H34N2O2/c1-15(2)21(22(27)25-14-17-6-4-16(3)5-7-17)26-23(28)24-11-18-8-19(12-24)10-20(9-18)13-24/h4-7,15,18-21H,8-14H2,1-3H3,(H,25,27)(H,26,28)/t18?,19?,20?,21-,24?/m0/s1. The lowest BCUT2D eigenvalue weighted by atomic mass is 9.49. The summed E-state index contributed by atoms with van der Waals surface area (Å²) in [5.41, 5.74) is 2.07. The van der Waals surface area contributed by atoms with Crippen molar-refractivity contribution in [2.75, 3.05) is 0 Å². The molecule has 1 aromatic carbocycles. The van der Waals surface area contributed by atoms with Gasteiger partial charge in [0, 0.05) is 12.0 Å². The van der Waals surface area contributed by atoms with Crippen LogP contribution in [0.2, 0.25) is 0 Å². The summed E-state index contributed by atoms with van der Waals surface area (Å²) in [6, 6.07) is 7.71. The first-order chi connectivity index (χ1) is 13.3. The lowest BCUT2D eigenvalue weighted by Gasteiger charge is -2.55. The molecule has 28 heavy (non-hydrogen) atoms. The number of rotatable bonds is 6. The molecule has 1 aromatic rings. The van der Waals surface area contributed by atoms with E-state index >= 15 is 0 Å². The van der Waals surface area contributed by atoms with Crippen LogP contribution in [0.15, 0.2) is 24.3 Å². The molecule has 4 aliphatic carbocycles. The van der Waals surface area contributed by atoms with Gasteiger partial charge in [-0.25, -0.2) is 0 Å². The first-order valence-electron chi connectivity index (χ1n) is 11.0. The van der Waals surface area contributed by atoms with Crippen molar-refractivity contribution >= 4 is 11.8 Å². The van der Waals surface area contributed by atoms with E-state index < -0.39 is 6.04 Å². The average molecular weight is 383 g/mol. The molecule has 5 rings (SSSR count). The predicted molar refractivity (Wildman–Crippen MR) is 110 cm³/mol. The summed E-state index contributed by atoms with van der Waals surface area (Å²) in [4.78, 5) is 26.2. The van der Waals surface area contributed by atoms with Gasteiger partial charge in [-0.05, 0) is 74.7 Å². The van der Waals surface area contributed by atoms with E-state index in [0.717, 1.165) is 42.6 Å². The molecule has 2 N–H and O–H groups in total. The molecule has 0 radical (unpaired) electrons. The highest BCUT2D eigenvalue weighted by Crippen LogP contribution is 2.60. The van der Waals surface area contributed by atoms with Gasteiger partial charge in [-0.3, -0.25) is 9.59 Å². The second-order valence-corrected chi connectivity index (χ2v) is 10.1. The molecule has 4 bridgehead atoms. The van der Waals surface area contributed by atoms with Crippen LogP contribution in [0.3, 0.4) is 0 Å². The van der Waals surface area contributed by atoms with Crippen LogP contribution in [0.25, 0.3) is 0 Å². The zero-order valence-electron chi connectivity index (χ0n) is 17.5. The molecule has 2 amide bonds. The van der Waals surface area contributed by atoms with Gasteiger partial charge in [0.25, 0.3) is 0 Å². The van der Waals surface area contributed by atoms with Gasteiger partial charge in [0.2, 0.25) is 11.8 Å². The summed E-state index contributed by atoms with van der Waals surface area (Å²) in [6.45, 7) is 6.57. The maximum atomic E-state index is 13.3. The van der Waals surface area contributed by atoms with Gasteiger partial charge in [0.1, 0.15) is 6.04 Å². The van der Waals surface area contributed by atoms with Crippen molar-refractivity contribution in [2.24, 2.45) is 29.1 Å². The minimum Gasteiger partial charge on any atom is -0.350 e. The van der Waals surface area contributed by atoms with Crippen molar-refractivity contribution in [3.63, 3.8) is 0 Å². The molecule has 0 saturated heterocycles. The molecule has 4 heteroatoms. The zero-order valence-corrected chi connectivity index (χ0v) is 17.5. The molecule has 4 aliphatic rings. The maximum Gasteiger partial charge on any atom is 0.243 e. The lowest BCUT2D eigenvalue weighted by molar-refractivity contribution is -0.149. The van der Waals surface area contributed by atoms with Crippen LogP contribution < -0.4 is 10.6 Å². The Labute approximate surface area is 168 Å². The van der Waals surface area contributed by atoms with Gasteiger partial charge in [0.15, 0.2) is 0 Å². The van der Waals surface area contributed by atoms with Crippen LogP contribution in [0.1, 0.15) is 63.5 Å². The molecular formula is C24H34N2O2. The largest absolute Gasteiger partial charge is 0.350 e. The summed E-state index contributed by atoms with van der Waals surface area (Å²) >= 11 is 0. The first kappa shape index (κ1) is 19.5. The fraction of sp³-hybridized carbons (Fsp3) is 0.667. The summed E-state index contributed by atoms with van der Waals surface area (Å²) in [7, 11) is 0. The Balaban J connectivity index is 1.39. The molecule has 0 spiro atoms. The Morgan fingerprint density at radius 3 is 2.04 bits per heavy atom. The van der Waals surface area contributed by atoms with Gasteiger partial charge in [-0.15, -0.1) is 0 Å². The molecule has 0 aromatic heterocycles. The highest BCUT2D eigenvalue weighted by molar-refractivity contribution is 5.90. The third kappa shape index (κ3) is 3.83. The minimum atomic E-state index is -0.467. The van der Waals surface area contributed by atoms with E-state index in [9.17, 15) is 9.59 Å². The quantitative estimate of drug-likeness (QED) is 0.782. The van der Waals surface area contributed by atoms with Crippen LogP contribution in [0, 0.1) is 36.0 Å². The minimum absolute atomic E-state index is 0.0656. The Bertz CT molecular complexity index is 702. The number of nitrogens with one attached hydrogen (secondary N) is 2. The highest BCUT2D eigenvalue weighted by atomic mass is 16.2. The smallest absolute Gasteiger partial charge is 0.243 e. The van der Waals surface area contributed by atoms with E-state index in [1.807, 2.05) is 26.0 Å². The van der Waals surface area contributed by atoms with Crippen LogP contribution in [0.5, 0.6) is 0 Å². The normalized spacial score (nSPS) is 31.6. The van der Waals surface area contributed by atoms with E-state index in [1.165, 1.54) is 24.8 Å². The lowest BCUT2D eigenvalue weighted by Crippen LogP contribution is -2.58. The van der Waals surface area contributed by atoms with E-state index in [-0.39, 0.29) is 23.1 Å². The van der Waals surface area contributed by atoms with Crippen molar-refractivity contribution in [3.8, 4) is 0 Å². The molecular weight excluding hydrogens is 348 g/mol. The van der Waals surface area contributed by atoms with Gasteiger partial charge < -0.3 is 10.6 Å². The molecule has 4 fully saturated rings. The number of benzene rings is 1. The number of carbonyl (C=O) groups excluding carboxylic acids is 2. The Kier molecular flexibility index (Phi) is 5.24. The fourth-order valence-corrected chi connectivity index (χ4v) is 6.22. The topological polar surface area (TPSA) is 58.2 Å². The molecule has 0 unspecified atom stereocenters. The Morgan fingerprint density at radius 1 is 1.00 bits per heavy atom.